The van der Waals surface area contributed by atoms with Gasteiger partial charge in [-0.25, -0.2) is 0 Å². The van der Waals surface area contributed by atoms with E-state index in [1.54, 1.807) is 0 Å². The second-order valence-corrected chi connectivity index (χ2v) is 4.31. The number of hydrogen-bond donors (Lipinski definition) is 0. The van der Waals surface area contributed by atoms with Crippen LogP contribution >= 0.6 is 11.8 Å². The molecule has 0 N–H and O–H groups in total. The fourth-order valence-corrected chi connectivity index (χ4v) is 2.32. The molecule has 2 heteroatoms. The van der Waals surface area contributed by atoms with Crippen molar-refractivity contribution >= 4 is 16.9 Å². The number of benzene rings is 1. The van der Waals surface area contributed by atoms with E-state index in [9.17, 15) is 4.79 Å². The Labute approximate surface area is 88.2 Å². The van der Waals surface area contributed by atoms with Crippen LogP contribution in [0.1, 0.15) is 12.0 Å². The van der Waals surface area contributed by atoms with Crippen LogP contribution in [0.25, 0.3) is 0 Å². The Morgan fingerprint density at radius 2 is 2.00 bits per heavy atom. The van der Waals surface area contributed by atoms with Crippen LogP contribution in [0.3, 0.4) is 0 Å². The molecule has 72 valence electrons. The number of carbonyl (C=O) groups excluding carboxylic acids is 1. The molecule has 1 aromatic rings. The number of thioether (sulfide) groups is 1. The molecule has 0 saturated heterocycles. The number of rotatable bonds is 3. The van der Waals surface area contributed by atoms with Gasteiger partial charge in [0.05, 0.1) is 0 Å². The van der Waals surface area contributed by atoms with Gasteiger partial charge in [-0.05, 0) is 23.8 Å². The van der Waals surface area contributed by atoms with Crippen LogP contribution < -0.4 is 0 Å². The van der Waals surface area contributed by atoms with Crippen molar-refractivity contribution < 1.29 is 4.79 Å². The number of aryl methyl sites for hydroxylation is 1. The van der Waals surface area contributed by atoms with Crippen molar-refractivity contribution in [2.75, 3.05) is 0 Å². The molecule has 0 aliphatic carbocycles. The van der Waals surface area contributed by atoms with Gasteiger partial charge in [0.1, 0.15) is 0 Å². The quantitative estimate of drug-likeness (QED) is 0.752. The van der Waals surface area contributed by atoms with Gasteiger partial charge in [-0.1, -0.05) is 48.2 Å². The van der Waals surface area contributed by atoms with Crippen LogP contribution in [0.2, 0.25) is 0 Å². The van der Waals surface area contributed by atoms with E-state index in [4.69, 9.17) is 0 Å². The van der Waals surface area contributed by atoms with Crippen molar-refractivity contribution in [3.8, 4) is 0 Å². The lowest BCUT2D eigenvalue weighted by atomic mass is 10.0. The van der Waals surface area contributed by atoms with Crippen LogP contribution in [-0.4, -0.2) is 5.12 Å². The molecule has 0 aromatic heterocycles. The lowest BCUT2D eigenvalue weighted by Gasteiger charge is -2.04. The van der Waals surface area contributed by atoms with Gasteiger partial charge in [-0.15, -0.1) is 0 Å². The minimum atomic E-state index is 0.139. The van der Waals surface area contributed by atoms with Crippen LogP contribution in [0, 0.1) is 5.92 Å². The Kier molecular flexibility index (Phi) is 3.04. The van der Waals surface area contributed by atoms with E-state index in [2.05, 4.69) is 12.1 Å². The summed E-state index contributed by atoms with van der Waals surface area (Å²) in [5.41, 5.74) is 1.31. The second-order valence-electron chi connectivity index (χ2n) is 3.40. The zero-order valence-corrected chi connectivity index (χ0v) is 8.67. The van der Waals surface area contributed by atoms with Crippen molar-refractivity contribution in [3.63, 3.8) is 0 Å². The predicted octanol–water partition coefficient (Wildman–Crippen LogP) is 3.02. The zero-order valence-electron chi connectivity index (χ0n) is 7.85. The largest absolute Gasteiger partial charge is 0.286 e. The fraction of sp³-hybridized carbons (Fsp3) is 0.250. The summed E-state index contributed by atoms with van der Waals surface area (Å²) in [5.74, 6) is 0.139. The molecule has 0 spiro atoms. The molecule has 0 saturated carbocycles. The lowest BCUT2D eigenvalue weighted by Crippen LogP contribution is -2.04. The normalized spacial score (nSPS) is 20.3. The maximum Gasteiger partial charge on any atom is 0.199 e. The summed E-state index contributed by atoms with van der Waals surface area (Å²) in [5, 5.41) is 2.19. The molecule has 1 aliphatic heterocycles. The summed E-state index contributed by atoms with van der Waals surface area (Å²) >= 11 is 1.32. The predicted molar refractivity (Wildman–Crippen MR) is 60.0 cm³/mol. The number of carbonyl (C=O) groups is 1. The zero-order chi connectivity index (χ0) is 9.80. The summed E-state index contributed by atoms with van der Waals surface area (Å²) in [6, 6.07) is 10.3. The van der Waals surface area contributed by atoms with Crippen LogP contribution in [0.4, 0.5) is 0 Å². The average Bonchev–Trinajstić information content (AvgIpc) is 2.63. The summed E-state index contributed by atoms with van der Waals surface area (Å²) in [6.45, 7) is 0. The summed E-state index contributed by atoms with van der Waals surface area (Å²) in [4.78, 5) is 11.3. The Hall–Kier alpha value is -1.02. The molecular formula is C12H12OS. The topological polar surface area (TPSA) is 17.1 Å². The molecule has 0 fully saturated rings. The molecular weight excluding hydrogens is 192 g/mol. The first kappa shape index (κ1) is 9.53. The molecule has 1 atom stereocenters. The van der Waals surface area contributed by atoms with E-state index in [1.165, 1.54) is 17.3 Å². The highest BCUT2D eigenvalue weighted by Gasteiger charge is 2.19. The third kappa shape index (κ3) is 2.26. The highest BCUT2D eigenvalue weighted by atomic mass is 32.2. The first-order valence-electron chi connectivity index (χ1n) is 4.77. The van der Waals surface area contributed by atoms with Gasteiger partial charge in [-0.2, -0.15) is 0 Å². The minimum absolute atomic E-state index is 0.139. The highest BCUT2D eigenvalue weighted by Crippen LogP contribution is 2.26. The number of allylic oxidation sites excluding steroid dienone is 1. The Balaban J connectivity index is 1.89. The lowest BCUT2D eigenvalue weighted by molar-refractivity contribution is -0.113. The van der Waals surface area contributed by atoms with E-state index in [-0.39, 0.29) is 5.92 Å². The van der Waals surface area contributed by atoms with Gasteiger partial charge in [0.25, 0.3) is 0 Å². The Morgan fingerprint density at radius 1 is 1.21 bits per heavy atom. The van der Waals surface area contributed by atoms with Crippen molar-refractivity contribution in [1.82, 2.24) is 0 Å². The Morgan fingerprint density at radius 3 is 2.64 bits per heavy atom. The van der Waals surface area contributed by atoms with Gasteiger partial charge in [0.15, 0.2) is 5.12 Å². The van der Waals surface area contributed by atoms with Crippen molar-refractivity contribution in [3.05, 3.63) is 47.4 Å². The number of hydrogen-bond acceptors (Lipinski definition) is 2. The van der Waals surface area contributed by atoms with Gasteiger partial charge >= 0.3 is 0 Å². The average molecular weight is 204 g/mol. The molecule has 2 rings (SSSR count). The van der Waals surface area contributed by atoms with Crippen molar-refractivity contribution in [2.45, 2.75) is 12.8 Å². The van der Waals surface area contributed by atoms with E-state index in [1.807, 2.05) is 29.7 Å². The molecule has 0 amide bonds. The standard InChI is InChI=1S/C12H12OS/c13-12-11(8-9-14-12)7-6-10-4-2-1-3-5-10/h1-5,8-9,11H,6-7H2. The first-order chi connectivity index (χ1) is 6.86. The van der Waals surface area contributed by atoms with Crippen LogP contribution in [0.5, 0.6) is 0 Å². The van der Waals surface area contributed by atoms with E-state index < -0.39 is 0 Å². The first-order valence-corrected chi connectivity index (χ1v) is 5.65. The third-order valence-corrected chi connectivity index (χ3v) is 3.21. The summed E-state index contributed by atoms with van der Waals surface area (Å²) < 4.78 is 0. The monoisotopic (exact) mass is 204 g/mol. The summed E-state index contributed by atoms with van der Waals surface area (Å²) in [7, 11) is 0. The molecule has 1 aliphatic rings. The van der Waals surface area contributed by atoms with E-state index in [0.717, 1.165) is 12.8 Å². The molecule has 1 aromatic carbocycles. The van der Waals surface area contributed by atoms with E-state index >= 15 is 0 Å². The molecule has 1 nitrogen and oxygen atoms in total. The van der Waals surface area contributed by atoms with E-state index in [0.29, 0.717) is 5.12 Å². The SMILES string of the molecule is O=C1SC=CC1CCc1ccccc1. The molecule has 14 heavy (non-hydrogen) atoms. The smallest absolute Gasteiger partial charge is 0.199 e. The maximum atomic E-state index is 11.3. The van der Waals surface area contributed by atoms with Crippen molar-refractivity contribution in [2.24, 2.45) is 5.92 Å². The van der Waals surface area contributed by atoms with Gasteiger partial charge in [0, 0.05) is 5.92 Å². The minimum Gasteiger partial charge on any atom is -0.286 e. The van der Waals surface area contributed by atoms with Gasteiger partial charge in [0.2, 0.25) is 0 Å². The van der Waals surface area contributed by atoms with Crippen molar-refractivity contribution in [1.29, 1.82) is 0 Å². The molecule has 0 radical (unpaired) electrons. The second kappa shape index (κ2) is 4.47. The maximum absolute atomic E-state index is 11.3. The third-order valence-electron chi connectivity index (χ3n) is 2.38. The van der Waals surface area contributed by atoms with Gasteiger partial charge < -0.3 is 0 Å². The van der Waals surface area contributed by atoms with Crippen LogP contribution in [0.15, 0.2) is 41.8 Å². The molecule has 1 heterocycles. The molecule has 1 unspecified atom stereocenters. The summed E-state index contributed by atoms with van der Waals surface area (Å²) in [6.07, 6.45) is 3.93. The highest BCUT2D eigenvalue weighted by molar-refractivity contribution is 8.16. The van der Waals surface area contributed by atoms with Gasteiger partial charge in [-0.3, -0.25) is 4.79 Å². The fourth-order valence-electron chi connectivity index (χ4n) is 1.55. The molecule has 0 bridgehead atoms. The van der Waals surface area contributed by atoms with Crippen LogP contribution in [-0.2, 0) is 11.2 Å². The Bertz CT molecular complexity index is 343.